The fourth-order valence-corrected chi connectivity index (χ4v) is 3.51. The predicted octanol–water partition coefficient (Wildman–Crippen LogP) is 1.30. The van der Waals surface area contributed by atoms with Gasteiger partial charge in [0.25, 0.3) is 0 Å². The molecule has 1 aromatic carbocycles. The van der Waals surface area contributed by atoms with E-state index < -0.39 is 17.5 Å². The van der Waals surface area contributed by atoms with Crippen LogP contribution in [0.1, 0.15) is 20.3 Å². The summed E-state index contributed by atoms with van der Waals surface area (Å²) in [6.45, 7) is 3.24. The molecule has 3 amide bonds. The highest BCUT2D eigenvalue weighted by Crippen LogP contribution is 2.34. The first-order valence-electron chi connectivity index (χ1n) is 7.79. The molecular weight excluding hydrogens is 380 g/mol. The van der Waals surface area contributed by atoms with Crippen LogP contribution in [-0.4, -0.2) is 51.5 Å². The second-order valence-corrected chi connectivity index (χ2v) is 7.25. The molecule has 0 spiro atoms. The number of methoxy groups -OCH3 is 1. The summed E-state index contributed by atoms with van der Waals surface area (Å²) < 4.78 is 5.22. The van der Waals surface area contributed by atoms with Crippen molar-refractivity contribution in [2.24, 2.45) is 0 Å². The number of amides is 3. The molecular formula is C16H17ClN4O4S. The first-order chi connectivity index (χ1) is 12.2. The zero-order chi connectivity index (χ0) is 19.2. The van der Waals surface area contributed by atoms with Crippen molar-refractivity contribution in [3.63, 3.8) is 0 Å². The number of nitrogens with one attached hydrogen (secondary N) is 2. The average molecular weight is 397 g/mol. The van der Waals surface area contributed by atoms with E-state index in [0.29, 0.717) is 16.5 Å². The van der Waals surface area contributed by atoms with Crippen molar-refractivity contribution in [2.45, 2.75) is 31.8 Å². The Bertz CT molecular complexity index is 828. The summed E-state index contributed by atoms with van der Waals surface area (Å²) in [5.41, 5.74) is -0.757. The van der Waals surface area contributed by atoms with E-state index in [-0.39, 0.29) is 23.3 Å². The highest BCUT2D eigenvalue weighted by molar-refractivity contribution is 7.80. The van der Waals surface area contributed by atoms with Gasteiger partial charge in [0, 0.05) is 5.02 Å². The van der Waals surface area contributed by atoms with Crippen LogP contribution in [0, 0.1) is 0 Å². The number of carbonyl (C=O) groups excluding carboxylic acids is 3. The number of thiocarbonyl (C=S) groups is 1. The molecule has 1 unspecified atom stereocenters. The fourth-order valence-electron chi connectivity index (χ4n) is 3.05. The van der Waals surface area contributed by atoms with Gasteiger partial charge in [-0.15, -0.1) is 0 Å². The smallest absolute Gasteiger partial charge is 0.248 e. The van der Waals surface area contributed by atoms with Crippen molar-refractivity contribution in [1.82, 2.24) is 15.3 Å². The van der Waals surface area contributed by atoms with Crippen molar-refractivity contribution < 1.29 is 19.1 Å². The van der Waals surface area contributed by atoms with Gasteiger partial charge in [0.05, 0.1) is 19.2 Å². The molecule has 2 aliphatic rings. The molecule has 2 saturated heterocycles. The number of anilines is 1. The van der Waals surface area contributed by atoms with E-state index in [2.05, 4.69) is 10.6 Å². The van der Waals surface area contributed by atoms with Gasteiger partial charge in [0.2, 0.25) is 17.7 Å². The number of nitrogens with zero attached hydrogens (tertiary/aromatic N) is 2. The molecule has 0 aliphatic carbocycles. The highest BCUT2D eigenvalue weighted by Gasteiger charge is 2.56. The van der Waals surface area contributed by atoms with Gasteiger partial charge >= 0.3 is 0 Å². The number of carbonyl (C=O) groups is 3. The molecule has 2 N–H and O–H groups in total. The van der Waals surface area contributed by atoms with Gasteiger partial charge in [0.1, 0.15) is 17.3 Å². The summed E-state index contributed by atoms with van der Waals surface area (Å²) in [5.74, 6) is -0.782. The van der Waals surface area contributed by atoms with Crippen LogP contribution < -0.4 is 15.4 Å². The monoisotopic (exact) mass is 396 g/mol. The maximum Gasteiger partial charge on any atom is 0.248 e. The number of hydrazine groups is 1. The Kier molecular flexibility index (Phi) is 4.63. The van der Waals surface area contributed by atoms with E-state index >= 15 is 0 Å². The van der Waals surface area contributed by atoms with Crippen molar-refractivity contribution in [3.8, 4) is 5.75 Å². The fraction of sp³-hybridized carbons (Fsp3) is 0.375. The Hall–Kier alpha value is -2.23. The zero-order valence-electron chi connectivity index (χ0n) is 14.3. The third-order valence-electron chi connectivity index (χ3n) is 4.38. The number of fused-ring (bicyclic) bond motifs is 1. The van der Waals surface area contributed by atoms with Crippen LogP contribution in [0.25, 0.3) is 0 Å². The lowest BCUT2D eigenvalue weighted by molar-refractivity contribution is -0.154. The van der Waals surface area contributed by atoms with Crippen LogP contribution in [0.3, 0.4) is 0 Å². The number of benzene rings is 1. The topological polar surface area (TPSA) is 91.0 Å². The van der Waals surface area contributed by atoms with Gasteiger partial charge in [-0.2, -0.15) is 5.01 Å². The Morgan fingerprint density at radius 2 is 2.12 bits per heavy atom. The van der Waals surface area contributed by atoms with Gasteiger partial charge in [-0.05, 0) is 44.3 Å². The van der Waals surface area contributed by atoms with Crippen LogP contribution >= 0.6 is 23.8 Å². The SMILES string of the molecule is COc1ccc(Cl)cc1NC(=O)C1CC(=O)N2C(=S)NC(=O)C(C)(C)N12. The van der Waals surface area contributed by atoms with Crippen LogP contribution in [0.2, 0.25) is 5.02 Å². The van der Waals surface area contributed by atoms with Crippen molar-refractivity contribution in [1.29, 1.82) is 0 Å². The summed E-state index contributed by atoms with van der Waals surface area (Å²) in [6.07, 6.45) is -0.104. The molecule has 2 heterocycles. The Morgan fingerprint density at radius 3 is 2.77 bits per heavy atom. The number of halogens is 1. The lowest BCUT2D eigenvalue weighted by atomic mass is 10.00. The van der Waals surface area contributed by atoms with Crippen molar-refractivity contribution in [3.05, 3.63) is 23.2 Å². The Balaban J connectivity index is 1.92. The molecule has 0 radical (unpaired) electrons. The van der Waals surface area contributed by atoms with Gasteiger partial charge in [0.15, 0.2) is 5.11 Å². The third-order valence-corrected chi connectivity index (χ3v) is 4.89. The zero-order valence-corrected chi connectivity index (χ0v) is 15.9. The van der Waals surface area contributed by atoms with Crippen molar-refractivity contribution >= 4 is 52.3 Å². The van der Waals surface area contributed by atoms with Crippen molar-refractivity contribution in [2.75, 3.05) is 12.4 Å². The second-order valence-electron chi connectivity index (χ2n) is 6.42. The first-order valence-corrected chi connectivity index (χ1v) is 8.57. The molecule has 138 valence electrons. The molecule has 1 atom stereocenters. The minimum atomic E-state index is -1.13. The number of hydrogen-bond acceptors (Lipinski definition) is 6. The summed E-state index contributed by atoms with van der Waals surface area (Å²) >= 11 is 11.1. The standard InChI is InChI=1S/C16H17ClN4O4S/c1-16(2)14(24)19-15(26)20-12(22)7-10(21(16)20)13(23)18-9-6-8(17)4-5-11(9)25-3/h4-6,10H,7H2,1-3H3,(H,18,23)(H,19,24,26). The predicted molar refractivity (Wildman–Crippen MR) is 98.5 cm³/mol. The van der Waals surface area contributed by atoms with Gasteiger partial charge < -0.3 is 10.1 Å². The van der Waals surface area contributed by atoms with Gasteiger partial charge in [-0.25, -0.2) is 5.01 Å². The average Bonchev–Trinajstić information content (AvgIpc) is 2.92. The van der Waals surface area contributed by atoms with E-state index in [9.17, 15) is 14.4 Å². The van der Waals surface area contributed by atoms with Gasteiger partial charge in [-0.3, -0.25) is 19.7 Å². The second kappa shape index (κ2) is 6.49. The molecule has 26 heavy (non-hydrogen) atoms. The molecule has 0 saturated carbocycles. The normalized spacial score (nSPS) is 22.1. The van der Waals surface area contributed by atoms with E-state index in [4.69, 9.17) is 28.6 Å². The first kappa shape index (κ1) is 18.6. The van der Waals surface area contributed by atoms with E-state index in [0.717, 1.165) is 0 Å². The molecule has 1 aromatic rings. The molecule has 8 nitrogen and oxygen atoms in total. The number of rotatable bonds is 3. The highest BCUT2D eigenvalue weighted by atomic mass is 35.5. The maximum absolute atomic E-state index is 12.9. The molecule has 2 fully saturated rings. The lowest BCUT2D eigenvalue weighted by Crippen LogP contribution is -2.71. The maximum atomic E-state index is 12.9. The molecule has 3 rings (SSSR count). The van der Waals surface area contributed by atoms with E-state index in [1.165, 1.54) is 17.1 Å². The molecule has 0 aromatic heterocycles. The molecule has 2 aliphatic heterocycles. The molecule has 0 bridgehead atoms. The summed E-state index contributed by atoms with van der Waals surface area (Å²) in [6, 6.07) is 3.90. The Labute approximate surface area is 160 Å². The van der Waals surface area contributed by atoms with Crippen LogP contribution in [0.15, 0.2) is 18.2 Å². The number of ether oxygens (including phenoxy) is 1. The van der Waals surface area contributed by atoms with E-state index in [1.54, 1.807) is 32.0 Å². The summed E-state index contributed by atoms with van der Waals surface area (Å²) in [7, 11) is 1.47. The quantitative estimate of drug-likeness (QED) is 0.748. The minimum absolute atomic E-state index is 0.0324. The van der Waals surface area contributed by atoms with Gasteiger partial charge in [-0.1, -0.05) is 11.6 Å². The minimum Gasteiger partial charge on any atom is -0.495 e. The summed E-state index contributed by atoms with van der Waals surface area (Å²) in [5, 5.41) is 8.20. The summed E-state index contributed by atoms with van der Waals surface area (Å²) in [4.78, 5) is 37.6. The largest absolute Gasteiger partial charge is 0.495 e. The molecule has 10 heteroatoms. The van der Waals surface area contributed by atoms with Crippen LogP contribution in [0.4, 0.5) is 5.69 Å². The number of hydrogen-bond donors (Lipinski definition) is 2. The van der Waals surface area contributed by atoms with E-state index in [1.807, 2.05) is 0 Å². The lowest BCUT2D eigenvalue weighted by Gasteiger charge is -2.45. The third kappa shape index (κ3) is 2.91. The van der Waals surface area contributed by atoms with Crippen LogP contribution in [0.5, 0.6) is 5.75 Å². The Morgan fingerprint density at radius 1 is 1.42 bits per heavy atom. The van der Waals surface area contributed by atoms with Crippen LogP contribution in [-0.2, 0) is 14.4 Å².